The summed E-state index contributed by atoms with van der Waals surface area (Å²) in [5, 5.41) is 9.51. The van der Waals surface area contributed by atoms with E-state index >= 15 is 0 Å². The molecule has 0 aromatic heterocycles. The van der Waals surface area contributed by atoms with Crippen molar-refractivity contribution in [2.75, 3.05) is 6.61 Å². The van der Waals surface area contributed by atoms with Crippen molar-refractivity contribution in [1.82, 2.24) is 0 Å². The minimum Gasteiger partial charge on any atom is -0.391 e. The number of ether oxygens (including phenoxy) is 1. The van der Waals surface area contributed by atoms with Crippen LogP contribution in [0.25, 0.3) is 0 Å². The van der Waals surface area contributed by atoms with E-state index in [1.54, 1.807) is 0 Å². The molecule has 1 fully saturated rings. The third-order valence-electron chi connectivity index (χ3n) is 3.11. The highest BCUT2D eigenvalue weighted by atomic mass is 16.5. The highest BCUT2D eigenvalue weighted by Crippen LogP contribution is 2.25. The van der Waals surface area contributed by atoms with Gasteiger partial charge in [-0.15, -0.1) is 0 Å². The van der Waals surface area contributed by atoms with E-state index in [9.17, 15) is 5.11 Å². The first-order valence-corrected chi connectivity index (χ1v) is 6.02. The van der Waals surface area contributed by atoms with Crippen LogP contribution in [0.2, 0.25) is 0 Å². The molecule has 84 valence electrons. The summed E-state index contributed by atoms with van der Waals surface area (Å²) in [6.07, 6.45) is 7.00. The molecule has 1 unspecified atom stereocenters. The predicted molar refractivity (Wildman–Crippen MR) is 58.3 cm³/mol. The van der Waals surface area contributed by atoms with Gasteiger partial charge in [0.15, 0.2) is 0 Å². The van der Waals surface area contributed by atoms with Gasteiger partial charge in [0.05, 0.1) is 18.8 Å². The quantitative estimate of drug-likeness (QED) is 0.739. The molecule has 1 rings (SSSR count). The van der Waals surface area contributed by atoms with Gasteiger partial charge in [0.1, 0.15) is 0 Å². The number of hydrogen-bond acceptors (Lipinski definition) is 2. The summed E-state index contributed by atoms with van der Waals surface area (Å²) < 4.78 is 5.70. The smallest absolute Gasteiger partial charge is 0.0773 e. The molecule has 14 heavy (non-hydrogen) atoms. The monoisotopic (exact) mass is 200 g/mol. The van der Waals surface area contributed by atoms with E-state index in [1.807, 2.05) is 0 Å². The Labute approximate surface area is 87.7 Å². The summed E-state index contributed by atoms with van der Waals surface area (Å²) in [5.74, 6) is 0.871. The molecule has 1 aliphatic carbocycles. The second-order valence-corrected chi connectivity index (χ2v) is 4.66. The average molecular weight is 200 g/mol. The fourth-order valence-corrected chi connectivity index (χ4v) is 2.06. The topological polar surface area (TPSA) is 29.5 Å². The zero-order chi connectivity index (χ0) is 10.4. The van der Waals surface area contributed by atoms with Gasteiger partial charge in [-0.2, -0.15) is 0 Å². The Hall–Kier alpha value is -0.0800. The Morgan fingerprint density at radius 3 is 2.50 bits per heavy atom. The van der Waals surface area contributed by atoms with Gasteiger partial charge in [0, 0.05) is 0 Å². The van der Waals surface area contributed by atoms with Crippen LogP contribution in [0.15, 0.2) is 0 Å². The second-order valence-electron chi connectivity index (χ2n) is 4.66. The van der Waals surface area contributed by atoms with Crippen LogP contribution in [0.5, 0.6) is 0 Å². The van der Waals surface area contributed by atoms with Crippen LogP contribution < -0.4 is 0 Å². The number of aliphatic hydroxyl groups excluding tert-OH is 1. The van der Waals surface area contributed by atoms with E-state index in [1.165, 1.54) is 25.7 Å². The Morgan fingerprint density at radius 1 is 1.29 bits per heavy atom. The lowest BCUT2D eigenvalue weighted by molar-refractivity contribution is -0.0306. The molecular formula is C12H24O2. The summed E-state index contributed by atoms with van der Waals surface area (Å²) in [6.45, 7) is 4.93. The number of rotatable bonds is 5. The van der Waals surface area contributed by atoms with Crippen molar-refractivity contribution in [1.29, 1.82) is 0 Å². The van der Waals surface area contributed by atoms with Crippen LogP contribution in [-0.2, 0) is 4.74 Å². The van der Waals surface area contributed by atoms with E-state index in [2.05, 4.69) is 13.8 Å². The SMILES string of the molecule is CCCC(O)COC1CCC(C)CC1. The van der Waals surface area contributed by atoms with Gasteiger partial charge in [0.25, 0.3) is 0 Å². The lowest BCUT2D eigenvalue weighted by atomic mass is 9.89. The number of hydrogen-bond donors (Lipinski definition) is 1. The first kappa shape index (κ1) is 12.0. The fraction of sp³-hybridized carbons (Fsp3) is 1.00. The van der Waals surface area contributed by atoms with E-state index in [-0.39, 0.29) is 6.10 Å². The van der Waals surface area contributed by atoms with Gasteiger partial charge in [-0.25, -0.2) is 0 Å². The zero-order valence-corrected chi connectivity index (χ0v) is 9.54. The molecular weight excluding hydrogens is 176 g/mol. The van der Waals surface area contributed by atoms with Crippen LogP contribution in [-0.4, -0.2) is 23.9 Å². The maximum Gasteiger partial charge on any atom is 0.0773 e. The molecule has 0 aromatic rings. The number of aliphatic hydroxyl groups is 1. The van der Waals surface area contributed by atoms with Gasteiger partial charge in [-0.1, -0.05) is 20.3 Å². The molecule has 0 aliphatic heterocycles. The minimum absolute atomic E-state index is 0.251. The van der Waals surface area contributed by atoms with Crippen molar-refractivity contribution in [3.63, 3.8) is 0 Å². The van der Waals surface area contributed by atoms with Gasteiger partial charge in [0.2, 0.25) is 0 Å². The lowest BCUT2D eigenvalue weighted by Gasteiger charge is -2.27. The van der Waals surface area contributed by atoms with Crippen molar-refractivity contribution in [3.8, 4) is 0 Å². The van der Waals surface area contributed by atoms with Crippen molar-refractivity contribution < 1.29 is 9.84 Å². The Morgan fingerprint density at radius 2 is 1.93 bits per heavy atom. The summed E-state index contributed by atoms with van der Waals surface area (Å²) >= 11 is 0. The summed E-state index contributed by atoms with van der Waals surface area (Å²) in [4.78, 5) is 0. The fourth-order valence-electron chi connectivity index (χ4n) is 2.06. The van der Waals surface area contributed by atoms with Gasteiger partial charge in [-0.3, -0.25) is 0 Å². The van der Waals surface area contributed by atoms with Crippen LogP contribution in [0, 0.1) is 5.92 Å². The molecule has 1 N–H and O–H groups in total. The van der Waals surface area contributed by atoms with Crippen molar-refractivity contribution >= 4 is 0 Å². The summed E-state index contributed by atoms with van der Waals surface area (Å²) in [6, 6.07) is 0. The van der Waals surface area contributed by atoms with E-state index in [4.69, 9.17) is 4.74 Å². The average Bonchev–Trinajstić information content (AvgIpc) is 2.17. The summed E-state index contributed by atoms with van der Waals surface area (Å²) in [7, 11) is 0. The van der Waals surface area contributed by atoms with E-state index < -0.39 is 0 Å². The van der Waals surface area contributed by atoms with Gasteiger partial charge < -0.3 is 9.84 Å². The lowest BCUT2D eigenvalue weighted by Crippen LogP contribution is -2.25. The van der Waals surface area contributed by atoms with Crippen LogP contribution in [0.3, 0.4) is 0 Å². The van der Waals surface area contributed by atoms with Crippen LogP contribution >= 0.6 is 0 Å². The molecule has 2 nitrogen and oxygen atoms in total. The maximum atomic E-state index is 9.51. The molecule has 1 aliphatic rings. The first-order chi connectivity index (χ1) is 6.72. The largest absolute Gasteiger partial charge is 0.391 e. The molecule has 0 spiro atoms. The Balaban J connectivity index is 2.06. The van der Waals surface area contributed by atoms with Gasteiger partial charge in [-0.05, 0) is 38.0 Å². The molecule has 0 heterocycles. The van der Waals surface area contributed by atoms with Crippen molar-refractivity contribution in [2.24, 2.45) is 5.92 Å². The molecule has 0 saturated heterocycles. The molecule has 1 atom stereocenters. The molecule has 0 aromatic carbocycles. The van der Waals surface area contributed by atoms with E-state index in [0.29, 0.717) is 12.7 Å². The molecule has 2 heteroatoms. The van der Waals surface area contributed by atoms with Crippen molar-refractivity contribution in [3.05, 3.63) is 0 Å². The third-order valence-corrected chi connectivity index (χ3v) is 3.11. The van der Waals surface area contributed by atoms with Crippen LogP contribution in [0.1, 0.15) is 52.4 Å². The third kappa shape index (κ3) is 4.43. The standard InChI is InChI=1S/C12H24O2/c1-3-4-11(13)9-14-12-7-5-10(2)6-8-12/h10-13H,3-9H2,1-2H3. The Bertz CT molecular complexity index is 139. The normalized spacial score (nSPS) is 30.2. The van der Waals surface area contributed by atoms with E-state index in [0.717, 1.165) is 18.8 Å². The predicted octanol–water partition coefficient (Wildman–Crippen LogP) is 2.74. The highest BCUT2D eigenvalue weighted by molar-refractivity contribution is 4.70. The zero-order valence-electron chi connectivity index (χ0n) is 9.54. The Kier molecular flexibility index (Phi) is 5.49. The highest BCUT2D eigenvalue weighted by Gasteiger charge is 2.19. The molecule has 0 amide bonds. The van der Waals surface area contributed by atoms with Crippen LogP contribution in [0.4, 0.5) is 0 Å². The maximum absolute atomic E-state index is 9.51. The van der Waals surface area contributed by atoms with Crippen molar-refractivity contribution in [2.45, 2.75) is 64.6 Å². The molecule has 0 radical (unpaired) electrons. The summed E-state index contributed by atoms with van der Waals surface area (Å²) in [5.41, 5.74) is 0. The second kappa shape index (κ2) is 6.41. The molecule has 1 saturated carbocycles. The first-order valence-electron chi connectivity index (χ1n) is 6.02. The minimum atomic E-state index is -0.251. The van der Waals surface area contributed by atoms with Gasteiger partial charge >= 0.3 is 0 Å². The molecule has 0 bridgehead atoms.